The lowest BCUT2D eigenvalue weighted by atomic mass is 9.95. The van der Waals surface area contributed by atoms with Gasteiger partial charge < -0.3 is 15.3 Å². The Labute approximate surface area is 121 Å². The Balaban J connectivity index is 2.64. The minimum Gasteiger partial charge on any atom is -0.396 e. The largest absolute Gasteiger partial charge is 0.396 e. The van der Waals surface area contributed by atoms with Gasteiger partial charge in [-0.05, 0) is 32.6 Å². The molecule has 1 rings (SSSR count). The fourth-order valence-corrected chi connectivity index (χ4v) is 2.46. The molecule has 1 aliphatic rings. The van der Waals surface area contributed by atoms with Crippen molar-refractivity contribution in [1.29, 1.82) is 0 Å². The zero-order chi connectivity index (χ0) is 15.3. The van der Waals surface area contributed by atoms with Gasteiger partial charge in [0.25, 0.3) is 0 Å². The summed E-state index contributed by atoms with van der Waals surface area (Å²) >= 11 is 0. The number of amides is 2. The van der Waals surface area contributed by atoms with Gasteiger partial charge in [-0.1, -0.05) is 20.8 Å². The molecule has 5 nitrogen and oxygen atoms in total. The minimum atomic E-state index is -0.513. The number of nitrogens with one attached hydrogen (secondary N) is 1. The first-order valence-corrected chi connectivity index (χ1v) is 7.49. The van der Waals surface area contributed by atoms with Crippen molar-refractivity contribution in [2.45, 2.75) is 65.5 Å². The predicted octanol–water partition coefficient (Wildman–Crippen LogP) is 1.30. The van der Waals surface area contributed by atoms with Gasteiger partial charge in [0.2, 0.25) is 11.8 Å². The lowest BCUT2D eigenvalue weighted by Gasteiger charge is -2.37. The monoisotopic (exact) mass is 284 g/mol. The fourth-order valence-electron chi connectivity index (χ4n) is 2.46. The third-order valence-corrected chi connectivity index (χ3v) is 3.77. The number of rotatable bonds is 4. The quantitative estimate of drug-likeness (QED) is 0.817. The van der Waals surface area contributed by atoms with Gasteiger partial charge >= 0.3 is 0 Å². The third-order valence-electron chi connectivity index (χ3n) is 3.77. The SMILES string of the molecule is CC(NC(=O)C(C)(C)C)C(=O)N1CCCCC1CCO. The Hall–Kier alpha value is -1.10. The molecule has 5 heteroatoms. The van der Waals surface area contributed by atoms with Gasteiger partial charge in [0.05, 0.1) is 0 Å². The van der Waals surface area contributed by atoms with Crippen molar-refractivity contribution >= 4 is 11.8 Å². The predicted molar refractivity (Wildman–Crippen MR) is 78.1 cm³/mol. The Morgan fingerprint density at radius 1 is 1.35 bits per heavy atom. The van der Waals surface area contributed by atoms with Crippen LogP contribution in [0.5, 0.6) is 0 Å². The average Bonchev–Trinajstić information content (AvgIpc) is 2.37. The van der Waals surface area contributed by atoms with E-state index >= 15 is 0 Å². The van der Waals surface area contributed by atoms with Crippen LogP contribution in [0.1, 0.15) is 53.4 Å². The van der Waals surface area contributed by atoms with Crippen LogP contribution in [0.15, 0.2) is 0 Å². The number of aliphatic hydroxyl groups excluding tert-OH is 1. The number of hydrogen-bond donors (Lipinski definition) is 2. The van der Waals surface area contributed by atoms with Crippen LogP contribution >= 0.6 is 0 Å². The van der Waals surface area contributed by atoms with E-state index in [4.69, 9.17) is 5.11 Å². The van der Waals surface area contributed by atoms with Crippen LogP contribution < -0.4 is 5.32 Å². The molecule has 2 atom stereocenters. The number of piperidine rings is 1. The Morgan fingerprint density at radius 3 is 2.55 bits per heavy atom. The van der Waals surface area contributed by atoms with Gasteiger partial charge in [-0.3, -0.25) is 9.59 Å². The Bertz CT molecular complexity index is 348. The van der Waals surface area contributed by atoms with Crippen molar-refractivity contribution in [3.8, 4) is 0 Å². The highest BCUT2D eigenvalue weighted by Gasteiger charge is 2.31. The standard InChI is InChI=1S/C15H28N2O3/c1-11(16-14(20)15(2,3)4)13(19)17-9-6-5-7-12(17)8-10-18/h11-12,18H,5-10H2,1-4H3,(H,16,20). The van der Waals surface area contributed by atoms with Crippen molar-refractivity contribution in [3.05, 3.63) is 0 Å². The minimum absolute atomic E-state index is 0.0410. The van der Waals surface area contributed by atoms with E-state index in [1.54, 1.807) is 6.92 Å². The maximum atomic E-state index is 12.5. The van der Waals surface area contributed by atoms with Gasteiger partial charge in [-0.2, -0.15) is 0 Å². The van der Waals surface area contributed by atoms with E-state index < -0.39 is 11.5 Å². The van der Waals surface area contributed by atoms with Gasteiger partial charge in [0.1, 0.15) is 6.04 Å². The van der Waals surface area contributed by atoms with Crippen molar-refractivity contribution in [2.75, 3.05) is 13.2 Å². The maximum Gasteiger partial charge on any atom is 0.245 e. The average molecular weight is 284 g/mol. The molecule has 2 N–H and O–H groups in total. The van der Waals surface area contributed by atoms with Crippen LogP contribution in [-0.4, -0.2) is 47.1 Å². The fraction of sp³-hybridized carbons (Fsp3) is 0.867. The second-order valence-electron chi connectivity index (χ2n) is 6.64. The van der Waals surface area contributed by atoms with E-state index in [1.165, 1.54) is 0 Å². The molecular weight excluding hydrogens is 256 g/mol. The summed E-state index contributed by atoms with van der Waals surface area (Å²) in [6.45, 7) is 8.03. The summed E-state index contributed by atoms with van der Waals surface area (Å²) in [5.41, 5.74) is -0.499. The molecule has 0 aliphatic carbocycles. The molecule has 1 aliphatic heterocycles. The summed E-state index contributed by atoms with van der Waals surface area (Å²) in [7, 11) is 0. The molecule has 116 valence electrons. The van der Waals surface area contributed by atoms with Crippen LogP contribution in [-0.2, 0) is 9.59 Å². The molecule has 2 amide bonds. The third kappa shape index (κ3) is 4.47. The highest BCUT2D eigenvalue weighted by atomic mass is 16.3. The number of carbonyl (C=O) groups is 2. The Morgan fingerprint density at radius 2 is 2.00 bits per heavy atom. The molecule has 0 aromatic rings. The first kappa shape index (κ1) is 17.0. The van der Waals surface area contributed by atoms with E-state index in [0.717, 1.165) is 25.8 Å². The highest BCUT2D eigenvalue weighted by Crippen LogP contribution is 2.21. The summed E-state index contributed by atoms with van der Waals surface area (Å²) in [5, 5.41) is 11.9. The van der Waals surface area contributed by atoms with Gasteiger partial charge in [-0.25, -0.2) is 0 Å². The van der Waals surface area contributed by atoms with Crippen LogP contribution in [0.2, 0.25) is 0 Å². The second-order valence-corrected chi connectivity index (χ2v) is 6.64. The number of aliphatic hydroxyl groups is 1. The molecule has 20 heavy (non-hydrogen) atoms. The highest BCUT2D eigenvalue weighted by molar-refractivity contribution is 5.89. The molecule has 0 aromatic carbocycles. The van der Waals surface area contributed by atoms with Crippen molar-refractivity contribution < 1.29 is 14.7 Å². The van der Waals surface area contributed by atoms with E-state index in [2.05, 4.69) is 5.32 Å². The summed E-state index contributed by atoms with van der Waals surface area (Å²) in [5.74, 6) is -0.158. The molecule has 0 spiro atoms. The molecule has 0 saturated carbocycles. The second kappa shape index (κ2) is 7.07. The first-order chi connectivity index (χ1) is 9.27. The molecule has 1 heterocycles. The summed E-state index contributed by atoms with van der Waals surface area (Å²) in [6, 6.07) is -0.406. The van der Waals surface area contributed by atoms with E-state index in [-0.39, 0.29) is 24.5 Å². The molecule has 1 saturated heterocycles. The number of hydrogen-bond acceptors (Lipinski definition) is 3. The summed E-state index contributed by atoms with van der Waals surface area (Å²) in [4.78, 5) is 26.2. The normalized spacial score (nSPS) is 21.4. The van der Waals surface area contributed by atoms with Gasteiger partial charge in [-0.15, -0.1) is 0 Å². The number of carbonyl (C=O) groups excluding carboxylic acids is 2. The van der Waals surface area contributed by atoms with Crippen molar-refractivity contribution in [2.24, 2.45) is 5.41 Å². The summed E-state index contributed by atoms with van der Waals surface area (Å²) in [6.07, 6.45) is 3.64. The molecule has 2 unspecified atom stereocenters. The van der Waals surface area contributed by atoms with E-state index in [9.17, 15) is 9.59 Å². The van der Waals surface area contributed by atoms with Crippen LogP contribution in [0.25, 0.3) is 0 Å². The maximum absolute atomic E-state index is 12.5. The topological polar surface area (TPSA) is 69.6 Å². The zero-order valence-electron chi connectivity index (χ0n) is 13.1. The van der Waals surface area contributed by atoms with Crippen molar-refractivity contribution in [1.82, 2.24) is 10.2 Å². The molecule has 0 bridgehead atoms. The zero-order valence-corrected chi connectivity index (χ0v) is 13.1. The number of nitrogens with zero attached hydrogens (tertiary/aromatic N) is 1. The van der Waals surface area contributed by atoms with Crippen LogP contribution in [0, 0.1) is 5.41 Å². The lowest BCUT2D eigenvalue weighted by Crippen LogP contribution is -2.53. The number of likely N-dealkylation sites (tertiary alicyclic amines) is 1. The van der Waals surface area contributed by atoms with Gasteiger partial charge in [0, 0.05) is 24.6 Å². The lowest BCUT2D eigenvalue weighted by molar-refractivity contribution is -0.141. The molecule has 0 radical (unpaired) electrons. The molecule has 1 fully saturated rings. The summed E-state index contributed by atoms with van der Waals surface area (Å²) < 4.78 is 0. The van der Waals surface area contributed by atoms with Crippen LogP contribution in [0.3, 0.4) is 0 Å². The van der Waals surface area contributed by atoms with Gasteiger partial charge in [0.15, 0.2) is 0 Å². The van der Waals surface area contributed by atoms with Crippen molar-refractivity contribution in [3.63, 3.8) is 0 Å². The Kier molecular flexibility index (Phi) is 5.99. The molecular formula is C15H28N2O3. The van der Waals surface area contributed by atoms with E-state index in [0.29, 0.717) is 6.42 Å². The first-order valence-electron chi connectivity index (χ1n) is 7.49. The van der Waals surface area contributed by atoms with Crippen LogP contribution in [0.4, 0.5) is 0 Å². The molecule has 0 aromatic heterocycles. The smallest absolute Gasteiger partial charge is 0.245 e. The van der Waals surface area contributed by atoms with E-state index in [1.807, 2.05) is 25.7 Å².